The highest BCUT2D eigenvalue weighted by atomic mass is 14.3. The van der Waals surface area contributed by atoms with Gasteiger partial charge in [0, 0.05) is 0 Å². The van der Waals surface area contributed by atoms with Crippen LogP contribution in [0, 0.1) is 6.92 Å². The summed E-state index contributed by atoms with van der Waals surface area (Å²) in [4.78, 5) is 0. The molecule has 0 atom stereocenters. The highest BCUT2D eigenvalue weighted by Gasteiger charge is 2.22. The molecule has 0 bridgehead atoms. The highest BCUT2D eigenvalue weighted by Crippen LogP contribution is 2.44. The van der Waals surface area contributed by atoms with E-state index in [0.717, 1.165) is 6.42 Å². The largest absolute Gasteiger partial charge is 0.0622 e. The van der Waals surface area contributed by atoms with E-state index in [-0.39, 0.29) is 0 Å². The van der Waals surface area contributed by atoms with E-state index in [4.69, 9.17) is 0 Å². The summed E-state index contributed by atoms with van der Waals surface area (Å²) in [6.45, 7) is 2.22. The molecule has 3 aromatic rings. The van der Waals surface area contributed by atoms with Crippen LogP contribution in [0.4, 0.5) is 0 Å². The molecule has 0 nitrogen and oxygen atoms in total. The van der Waals surface area contributed by atoms with Crippen molar-refractivity contribution in [3.05, 3.63) is 83.4 Å². The maximum Gasteiger partial charge on any atom is -0.00106 e. The molecule has 0 heteroatoms. The summed E-state index contributed by atoms with van der Waals surface area (Å²) in [6.07, 6.45) is 1.07. The Morgan fingerprint density at radius 1 is 0.700 bits per heavy atom. The van der Waals surface area contributed by atoms with Crippen LogP contribution in [0.25, 0.3) is 22.3 Å². The van der Waals surface area contributed by atoms with E-state index in [1.54, 1.807) is 0 Å². The summed E-state index contributed by atoms with van der Waals surface area (Å²) in [5, 5.41) is 0. The van der Waals surface area contributed by atoms with Crippen LogP contribution in [0.2, 0.25) is 0 Å². The summed E-state index contributed by atoms with van der Waals surface area (Å²) < 4.78 is 0. The lowest BCUT2D eigenvalue weighted by molar-refractivity contribution is 1.22. The SMILES string of the molecule is Cc1ccc(-c2ccccc2)c2c1Cc1ccccc1-2. The Balaban J connectivity index is 2.04. The van der Waals surface area contributed by atoms with Crippen LogP contribution in [0.15, 0.2) is 66.7 Å². The zero-order valence-corrected chi connectivity index (χ0v) is 11.6. The Kier molecular flexibility index (Phi) is 2.50. The van der Waals surface area contributed by atoms with Gasteiger partial charge < -0.3 is 0 Å². The van der Waals surface area contributed by atoms with Gasteiger partial charge in [0.05, 0.1) is 0 Å². The fourth-order valence-electron chi connectivity index (χ4n) is 3.25. The van der Waals surface area contributed by atoms with Crippen molar-refractivity contribution in [2.24, 2.45) is 0 Å². The molecule has 0 N–H and O–H groups in total. The van der Waals surface area contributed by atoms with Crippen LogP contribution >= 0.6 is 0 Å². The predicted molar refractivity (Wildman–Crippen MR) is 84.9 cm³/mol. The number of benzene rings is 3. The number of hydrogen-bond donors (Lipinski definition) is 0. The molecule has 0 amide bonds. The van der Waals surface area contributed by atoms with Gasteiger partial charge in [-0.3, -0.25) is 0 Å². The smallest absolute Gasteiger partial charge is 0.00106 e. The van der Waals surface area contributed by atoms with E-state index in [1.165, 1.54) is 38.9 Å². The van der Waals surface area contributed by atoms with Crippen LogP contribution in [-0.4, -0.2) is 0 Å². The average Bonchev–Trinajstić information content (AvgIpc) is 2.89. The molecule has 1 aliphatic rings. The number of hydrogen-bond acceptors (Lipinski definition) is 0. The molecule has 0 fully saturated rings. The van der Waals surface area contributed by atoms with E-state index in [0.29, 0.717) is 0 Å². The molecule has 96 valence electrons. The second-order valence-electron chi connectivity index (χ2n) is 5.48. The molecule has 3 aromatic carbocycles. The fourth-order valence-corrected chi connectivity index (χ4v) is 3.25. The Hall–Kier alpha value is -2.34. The van der Waals surface area contributed by atoms with Crippen molar-refractivity contribution in [2.75, 3.05) is 0 Å². The lowest BCUT2D eigenvalue weighted by Gasteiger charge is -2.12. The van der Waals surface area contributed by atoms with Crippen LogP contribution < -0.4 is 0 Å². The van der Waals surface area contributed by atoms with E-state index in [1.807, 2.05) is 0 Å². The van der Waals surface area contributed by atoms with Crippen molar-refractivity contribution in [1.29, 1.82) is 0 Å². The Morgan fingerprint density at radius 3 is 2.30 bits per heavy atom. The molecule has 0 spiro atoms. The maximum atomic E-state index is 2.27. The minimum absolute atomic E-state index is 1.07. The summed E-state index contributed by atoms with van der Waals surface area (Å²) in [7, 11) is 0. The first kappa shape index (κ1) is 11.5. The molecule has 0 aromatic heterocycles. The Morgan fingerprint density at radius 2 is 1.45 bits per heavy atom. The predicted octanol–water partition coefficient (Wildman–Crippen LogP) is 5.23. The van der Waals surface area contributed by atoms with Gasteiger partial charge in [-0.1, -0.05) is 66.7 Å². The van der Waals surface area contributed by atoms with E-state index in [9.17, 15) is 0 Å². The average molecular weight is 256 g/mol. The van der Waals surface area contributed by atoms with E-state index >= 15 is 0 Å². The third-order valence-electron chi connectivity index (χ3n) is 4.29. The Labute approximate surface area is 119 Å². The molecule has 4 rings (SSSR count). The lowest BCUT2D eigenvalue weighted by Crippen LogP contribution is -1.89. The minimum Gasteiger partial charge on any atom is -0.0622 e. The first-order valence-electron chi connectivity index (χ1n) is 7.11. The summed E-state index contributed by atoms with van der Waals surface area (Å²) in [6, 6.07) is 24.0. The first-order valence-corrected chi connectivity index (χ1v) is 7.11. The molecular formula is C20H16. The van der Waals surface area contributed by atoms with E-state index < -0.39 is 0 Å². The quantitative estimate of drug-likeness (QED) is 0.437. The number of rotatable bonds is 1. The van der Waals surface area contributed by atoms with E-state index in [2.05, 4.69) is 73.7 Å². The van der Waals surface area contributed by atoms with Gasteiger partial charge in [0.2, 0.25) is 0 Å². The Bertz CT molecular complexity index is 782. The summed E-state index contributed by atoms with van der Waals surface area (Å²) >= 11 is 0. The van der Waals surface area contributed by atoms with Crippen molar-refractivity contribution in [2.45, 2.75) is 13.3 Å². The van der Waals surface area contributed by atoms with Crippen LogP contribution in [0.1, 0.15) is 16.7 Å². The molecule has 0 heterocycles. The molecule has 0 radical (unpaired) electrons. The zero-order chi connectivity index (χ0) is 13.5. The number of fused-ring (bicyclic) bond motifs is 3. The second kappa shape index (κ2) is 4.35. The highest BCUT2D eigenvalue weighted by molar-refractivity contribution is 5.91. The van der Waals surface area contributed by atoms with Crippen molar-refractivity contribution < 1.29 is 0 Å². The van der Waals surface area contributed by atoms with Gasteiger partial charge in [-0.05, 0) is 52.3 Å². The lowest BCUT2D eigenvalue weighted by atomic mass is 9.92. The van der Waals surface area contributed by atoms with Crippen molar-refractivity contribution in [3.8, 4) is 22.3 Å². The zero-order valence-electron chi connectivity index (χ0n) is 11.6. The van der Waals surface area contributed by atoms with Crippen molar-refractivity contribution in [1.82, 2.24) is 0 Å². The molecule has 0 saturated heterocycles. The summed E-state index contributed by atoms with van der Waals surface area (Å²) in [5.74, 6) is 0. The molecule has 20 heavy (non-hydrogen) atoms. The third kappa shape index (κ3) is 1.61. The van der Waals surface area contributed by atoms with Gasteiger partial charge in [0.25, 0.3) is 0 Å². The van der Waals surface area contributed by atoms with Gasteiger partial charge in [-0.2, -0.15) is 0 Å². The summed E-state index contributed by atoms with van der Waals surface area (Å²) in [5.41, 5.74) is 9.85. The fraction of sp³-hybridized carbons (Fsp3) is 0.100. The van der Waals surface area contributed by atoms with Gasteiger partial charge in [0.1, 0.15) is 0 Å². The molecule has 0 saturated carbocycles. The first-order chi connectivity index (χ1) is 9.84. The topological polar surface area (TPSA) is 0 Å². The van der Waals surface area contributed by atoms with Gasteiger partial charge in [-0.15, -0.1) is 0 Å². The molecular weight excluding hydrogens is 240 g/mol. The van der Waals surface area contributed by atoms with Crippen LogP contribution in [0.3, 0.4) is 0 Å². The maximum absolute atomic E-state index is 2.27. The number of aryl methyl sites for hydroxylation is 1. The molecule has 0 aliphatic heterocycles. The molecule has 1 aliphatic carbocycles. The van der Waals surface area contributed by atoms with Gasteiger partial charge in [-0.25, -0.2) is 0 Å². The monoisotopic (exact) mass is 256 g/mol. The van der Waals surface area contributed by atoms with Crippen LogP contribution in [-0.2, 0) is 6.42 Å². The molecule has 0 unspecified atom stereocenters. The van der Waals surface area contributed by atoms with Gasteiger partial charge >= 0.3 is 0 Å². The van der Waals surface area contributed by atoms with Crippen LogP contribution in [0.5, 0.6) is 0 Å². The van der Waals surface area contributed by atoms with Crippen molar-refractivity contribution >= 4 is 0 Å². The second-order valence-corrected chi connectivity index (χ2v) is 5.48. The van der Waals surface area contributed by atoms with Gasteiger partial charge in [0.15, 0.2) is 0 Å². The normalized spacial score (nSPS) is 12.1. The van der Waals surface area contributed by atoms with Crippen molar-refractivity contribution in [3.63, 3.8) is 0 Å². The standard InChI is InChI=1S/C20H16/c1-14-11-12-18(15-7-3-2-4-8-15)20-17-10-6-5-9-16(17)13-19(14)20/h2-12H,13H2,1H3. The third-order valence-corrected chi connectivity index (χ3v) is 4.29. The minimum atomic E-state index is 1.07.